The Morgan fingerprint density at radius 3 is 2.86 bits per heavy atom. The number of carbonyl (C=O) groups excluding carboxylic acids is 1. The van der Waals surface area contributed by atoms with Crippen LogP contribution in [0.25, 0.3) is 0 Å². The molecule has 0 radical (unpaired) electrons. The molecular weight excluding hydrogens is 264 g/mol. The van der Waals surface area contributed by atoms with Crippen LogP contribution in [0.1, 0.15) is 38.7 Å². The third-order valence-electron chi connectivity index (χ3n) is 4.51. The fourth-order valence-electron chi connectivity index (χ4n) is 2.97. The molecule has 0 aliphatic carbocycles. The molecule has 2 rings (SSSR count). The lowest BCUT2D eigenvalue weighted by molar-refractivity contribution is -0.135. The van der Waals surface area contributed by atoms with Crippen molar-refractivity contribution < 1.29 is 9.53 Å². The lowest BCUT2D eigenvalue weighted by Crippen LogP contribution is -2.57. The van der Waals surface area contributed by atoms with Crippen LogP contribution in [0.5, 0.6) is 5.75 Å². The van der Waals surface area contributed by atoms with Crippen molar-refractivity contribution in [1.29, 1.82) is 0 Å². The molecule has 4 heteroatoms. The fourth-order valence-corrected chi connectivity index (χ4v) is 2.97. The molecule has 1 fully saturated rings. The van der Waals surface area contributed by atoms with Crippen LogP contribution in [-0.2, 0) is 4.79 Å². The molecule has 1 amide bonds. The lowest BCUT2D eigenvalue weighted by Gasteiger charge is -2.39. The molecule has 0 bridgehead atoms. The summed E-state index contributed by atoms with van der Waals surface area (Å²) in [6.07, 6.45) is 0.525. The molecule has 21 heavy (non-hydrogen) atoms. The lowest BCUT2D eigenvalue weighted by atomic mass is 9.95. The van der Waals surface area contributed by atoms with Gasteiger partial charge < -0.3 is 15.0 Å². The largest absolute Gasteiger partial charge is 0.496 e. The van der Waals surface area contributed by atoms with E-state index in [1.165, 1.54) is 0 Å². The number of amides is 1. The summed E-state index contributed by atoms with van der Waals surface area (Å²) in [6, 6.07) is 8.54. The first kappa shape index (κ1) is 15.8. The van der Waals surface area contributed by atoms with Crippen LogP contribution < -0.4 is 10.1 Å². The smallest absolute Gasteiger partial charge is 0.223 e. The maximum atomic E-state index is 12.6. The van der Waals surface area contributed by atoms with E-state index in [0.29, 0.717) is 12.5 Å². The van der Waals surface area contributed by atoms with Crippen molar-refractivity contribution in [2.24, 2.45) is 0 Å². The molecule has 0 spiro atoms. The van der Waals surface area contributed by atoms with Gasteiger partial charge in [-0.25, -0.2) is 0 Å². The van der Waals surface area contributed by atoms with E-state index in [9.17, 15) is 4.79 Å². The summed E-state index contributed by atoms with van der Waals surface area (Å²) in [6.45, 7) is 8.01. The summed E-state index contributed by atoms with van der Waals surface area (Å²) < 4.78 is 5.40. The molecular formula is C17H26N2O2. The normalized spacial score (nSPS) is 23.7. The molecule has 3 unspecified atom stereocenters. The third-order valence-corrected chi connectivity index (χ3v) is 4.51. The Morgan fingerprint density at radius 2 is 2.14 bits per heavy atom. The number of carbonyl (C=O) groups is 1. The van der Waals surface area contributed by atoms with Crippen molar-refractivity contribution in [3.8, 4) is 5.75 Å². The van der Waals surface area contributed by atoms with Crippen molar-refractivity contribution >= 4 is 5.91 Å². The van der Waals surface area contributed by atoms with Crippen LogP contribution >= 0.6 is 0 Å². The number of ether oxygens (including phenoxy) is 1. The monoisotopic (exact) mass is 290 g/mol. The van der Waals surface area contributed by atoms with Gasteiger partial charge in [0.15, 0.2) is 0 Å². The van der Waals surface area contributed by atoms with Gasteiger partial charge in [-0.1, -0.05) is 25.1 Å². The highest BCUT2D eigenvalue weighted by atomic mass is 16.5. The van der Waals surface area contributed by atoms with Gasteiger partial charge >= 0.3 is 0 Å². The van der Waals surface area contributed by atoms with Gasteiger partial charge in [-0.05, 0) is 31.4 Å². The Bertz CT molecular complexity index is 489. The summed E-state index contributed by atoms with van der Waals surface area (Å²) in [5, 5.41) is 3.41. The predicted molar refractivity (Wildman–Crippen MR) is 84.7 cm³/mol. The molecule has 0 aromatic heterocycles. The standard InChI is InChI=1S/C17H26N2O2/c1-12(15-7-5-6-8-16(15)21-4)11-17(20)19-10-9-18-13(2)14(19)3/h5-8,12-14,18H,9-11H2,1-4H3. The summed E-state index contributed by atoms with van der Waals surface area (Å²) in [5.41, 5.74) is 1.10. The second kappa shape index (κ2) is 6.94. The third kappa shape index (κ3) is 3.56. The highest BCUT2D eigenvalue weighted by Gasteiger charge is 2.29. The minimum absolute atomic E-state index is 0.158. The zero-order valence-electron chi connectivity index (χ0n) is 13.4. The molecule has 1 aromatic rings. The molecule has 1 heterocycles. The molecule has 1 aliphatic heterocycles. The Morgan fingerprint density at radius 1 is 1.43 bits per heavy atom. The summed E-state index contributed by atoms with van der Waals surface area (Å²) in [4.78, 5) is 14.6. The van der Waals surface area contributed by atoms with Crippen molar-refractivity contribution in [1.82, 2.24) is 10.2 Å². The van der Waals surface area contributed by atoms with Crippen molar-refractivity contribution in [2.75, 3.05) is 20.2 Å². The molecule has 4 nitrogen and oxygen atoms in total. The average Bonchev–Trinajstić information content (AvgIpc) is 2.49. The molecule has 3 atom stereocenters. The Balaban J connectivity index is 2.05. The van der Waals surface area contributed by atoms with Gasteiger partial charge in [0.1, 0.15) is 5.75 Å². The van der Waals surface area contributed by atoms with Gasteiger partial charge in [0.05, 0.1) is 7.11 Å². The minimum Gasteiger partial charge on any atom is -0.496 e. The van der Waals surface area contributed by atoms with Crippen LogP contribution in [0.3, 0.4) is 0 Å². The summed E-state index contributed by atoms with van der Waals surface area (Å²) in [7, 11) is 1.67. The molecule has 1 saturated heterocycles. The van der Waals surface area contributed by atoms with Crippen LogP contribution in [0.15, 0.2) is 24.3 Å². The molecule has 1 aromatic carbocycles. The molecule has 116 valence electrons. The molecule has 0 saturated carbocycles. The van der Waals surface area contributed by atoms with Gasteiger partial charge in [0.25, 0.3) is 0 Å². The van der Waals surface area contributed by atoms with E-state index in [-0.39, 0.29) is 17.9 Å². The van der Waals surface area contributed by atoms with E-state index < -0.39 is 0 Å². The second-order valence-corrected chi connectivity index (χ2v) is 5.92. The van der Waals surface area contributed by atoms with Gasteiger partial charge in [0.2, 0.25) is 5.91 Å². The van der Waals surface area contributed by atoms with Crippen LogP contribution in [0, 0.1) is 0 Å². The van der Waals surface area contributed by atoms with Crippen molar-refractivity contribution in [3.63, 3.8) is 0 Å². The first-order valence-electron chi connectivity index (χ1n) is 7.70. The fraction of sp³-hybridized carbons (Fsp3) is 0.588. The van der Waals surface area contributed by atoms with Gasteiger partial charge in [-0.2, -0.15) is 0 Å². The average molecular weight is 290 g/mol. The minimum atomic E-state index is 0.158. The van der Waals surface area contributed by atoms with E-state index in [1.54, 1.807) is 7.11 Å². The number of nitrogens with one attached hydrogen (secondary N) is 1. The van der Waals surface area contributed by atoms with Crippen LogP contribution in [0.4, 0.5) is 0 Å². The predicted octanol–water partition coefficient (Wildman–Crippen LogP) is 2.40. The highest BCUT2D eigenvalue weighted by Crippen LogP contribution is 2.29. The Labute approximate surface area is 127 Å². The topological polar surface area (TPSA) is 41.6 Å². The van der Waals surface area contributed by atoms with Gasteiger partial charge in [-0.3, -0.25) is 4.79 Å². The zero-order valence-corrected chi connectivity index (χ0v) is 13.4. The van der Waals surface area contributed by atoms with E-state index >= 15 is 0 Å². The SMILES string of the molecule is COc1ccccc1C(C)CC(=O)N1CCNC(C)C1C. The number of piperazine rings is 1. The number of nitrogens with zero attached hydrogens (tertiary/aromatic N) is 1. The van der Waals surface area contributed by atoms with Crippen LogP contribution in [-0.4, -0.2) is 43.1 Å². The first-order valence-corrected chi connectivity index (χ1v) is 7.70. The molecule has 1 N–H and O–H groups in total. The number of hydrogen-bond acceptors (Lipinski definition) is 3. The second-order valence-electron chi connectivity index (χ2n) is 5.92. The summed E-state index contributed by atoms with van der Waals surface area (Å²) in [5.74, 6) is 1.25. The highest BCUT2D eigenvalue weighted by molar-refractivity contribution is 5.77. The maximum Gasteiger partial charge on any atom is 0.223 e. The van der Waals surface area contributed by atoms with E-state index in [2.05, 4.69) is 26.1 Å². The molecule has 1 aliphatic rings. The summed E-state index contributed by atoms with van der Waals surface area (Å²) >= 11 is 0. The van der Waals surface area contributed by atoms with Crippen molar-refractivity contribution in [2.45, 2.75) is 45.2 Å². The number of hydrogen-bond donors (Lipinski definition) is 1. The van der Waals surface area contributed by atoms with Gasteiger partial charge in [0, 0.05) is 31.6 Å². The number of para-hydroxylation sites is 1. The van der Waals surface area contributed by atoms with Crippen molar-refractivity contribution in [3.05, 3.63) is 29.8 Å². The number of rotatable bonds is 4. The van der Waals surface area contributed by atoms with Gasteiger partial charge in [-0.15, -0.1) is 0 Å². The quantitative estimate of drug-likeness (QED) is 0.926. The van der Waals surface area contributed by atoms with E-state index in [1.807, 2.05) is 29.2 Å². The van der Waals surface area contributed by atoms with E-state index in [0.717, 1.165) is 24.4 Å². The Kier molecular flexibility index (Phi) is 5.23. The van der Waals surface area contributed by atoms with E-state index in [4.69, 9.17) is 4.74 Å². The first-order chi connectivity index (χ1) is 10.0. The number of benzene rings is 1. The Hall–Kier alpha value is -1.55. The maximum absolute atomic E-state index is 12.6. The zero-order chi connectivity index (χ0) is 15.4. The van der Waals surface area contributed by atoms with Crippen LogP contribution in [0.2, 0.25) is 0 Å². The number of methoxy groups -OCH3 is 1.